The SMILES string of the molecule is CCn1nc(C)c(-c2ccc(N)cc2F)c1C. The number of nitrogen functional groups attached to an aromatic ring is 1. The van der Waals surface area contributed by atoms with Crippen molar-refractivity contribution in [2.75, 3.05) is 5.73 Å². The summed E-state index contributed by atoms with van der Waals surface area (Å²) in [7, 11) is 0. The minimum atomic E-state index is -0.299. The summed E-state index contributed by atoms with van der Waals surface area (Å²) >= 11 is 0. The van der Waals surface area contributed by atoms with Gasteiger partial charge in [-0.05, 0) is 39.0 Å². The van der Waals surface area contributed by atoms with Gasteiger partial charge in [-0.1, -0.05) is 0 Å². The molecule has 0 fully saturated rings. The molecule has 17 heavy (non-hydrogen) atoms. The van der Waals surface area contributed by atoms with Crippen LogP contribution < -0.4 is 5.73 Å². The molecule has 0 bridgehead atoms. The maximum absolute atomic E-state index is 13.9. The van der Waals surface area contributed by atoms with Crippen LogP contribution in [0.4, 0.5) is 10.1 Å². The highest BCUT2D eigenvalue weighted by atomic mass is 19.1. The van der Waals surface area contributed by atoms with Gasteiger partial charge in [-0.2, -0.15) is 5.10 Å². The summed E-state index contributed by atoms with van der Waals surface area (Å²) in [5.74, 6) is -0.299. The molecule has 1 aromatic heterocycles. The predicted octanol–water partition coefficient (Wildman–Crippen LogP) is 2.91. The second-order valence-corrected chi connectivity index (χ2v) is 4.10. The maximum Gasteiger partial charge on any atom is 0.133 e. The van der Waals surface area contributed by atoms with Crippen LogP contribution in [0.25, 0.3) is 11.1 Å². The lowest BCUT2D eigenvalue weighted by Gasteiger charge is -2.05. The number of hydrogen-bond donors (Lipinski definition) is 1. The molecule has 0 aliphatic carbocycles. The first kappa shape index (κ1) is 11.6. The summed E-state index contributed by atoms with van der Waals surface area (Å²) in [6, 6.07) is 4.76. The third kappa shape index (κ3) is 1.90. The Kier molecular flexibility index (Phi) is 2.88. The first-order valence-corrected chi connectivity index (χ1v) is 5.64. The normalized spacial score (nSPS) is 10.8. The third-order valence-electron chi connectivity index (χ3n) is 2.94. The molecule has 0 radical (unpaired) electrons. The number of rotatable bonds is 2. The van der Waals surface area contributed by atoms with Gasteiger partial charge >= 0.3 is 0 Å². The smallest absolute Gasteiger partial charge is 0.133 e. The van der Waals surface area contributed by atoms with Gasteiger partial charge in [-0.25, -0.2) is 4.39 Å². The fourth-order valence-electron chi connectivity index (χ4n) is 2.13. The van der Waals surface area contributed by atoms with Crippen molar-refractivity contribution in [3.8, 4) is 11.1 Å². The van der Waals surface area contributed by atoms with E-state index in [1.165, 1.54) is 6.07 Å². The summed E-state index contributed by atoms with van der Waals surface area (Å²) in [6.45, 7) is 6.64. The molecule has 3 nitrogen and oxygen atoms in total. The number of aryl methyl sites for hydroxylation is 2. The van der Waals surface area contributed by atoms with Gasteiger partial charge in [0, 0.05) is 29.1 Å². The van der Waals surface area contributed by atoms with Crippen LogP contribution in [0.1, 0.15) is 18.3 Å². The predicted molar refractivity (Wildman–Crippen MR) is 67.2 cm³/mol. The molecule has 1 heterocycles. The molecule has 2 rings (SSSR count). The van der Waals surface area contributed by atoms with Crippen LogP contribution in [0.3, 0.4) is 0 Å². The van der Waals surface area contributed by atoms with E-state index in [1.54, 1.807) is 12.1 Å². The number of aromatic nitrogens is 2. The zero-order valence-corrected chi connectivity index (χ0v) is 10.3. The first-order chi connectivity index (χ1) is 8.04. The number of halogens is 1. The molecule has 2 N–H and O–H groups in total. The number of nitrogens with zero attached hydrogens (tertiary/aromatic N) is 2. The van der Waals surface area contributed by atoms with E-state index >= 15 is 0 Å². The monoisotopic (exact) mass is 233 g/mol. The van der Waals surface area contributed by atoms with E-state index in [0.29, 0.717) is 11.3 Å². The van der Waals surface area contributed by atoms with E-state index in [1.807, 2.05) is 25.5 Å². The quantitative estimate of drug-likeness (QED) is 0.810. The average molecular weight is 233 g/mol. The number of hydrogen-bond acceptors (Lipinski definition) is 2. The van der Waals surface area contributed by atoms with Crippen LogP contribution in [0.15, 0.2) is 18.2 Å². The van der Waals surface area contributed by atoms with Crippen molar-refractivity contribution < 1.29 is 4.39 Å². The van der Waals surface area contributed by atoms with Crippen molar-refractivity contribution in [3.05, 3.63) is 35.4 Å². The highest BCUT2D eigenvalue weighted by Crippen LogP contribution is 2.30. The van der Waals surface area contributed by atoms with Crippen molar-refractivity contribution in [1.82, 2.24) is 9.78 Å². The minimum absolute atomic E-state index is 0.299. The standard InChI is InChI=1S/C13H16FN3/c1-4-17-9(3)13(8(2)16-17)11-6-5-10(15)7-12(11)14/h5-7H,4,15H2,1-3H3. The fourth-order valence-corrected chi connectivity index (χ4v) is 2.13. The number of benzene rings is 1. The molecule has 0 aliphatic heterocycles. The Balaban J connectivity index is 2.64. The summed E-state index contributed by atoms with van der Waals surface area (Å²) < 4.78 is 15.8. The maximum atomic E-state index is 13.9. The summed E-state index contributed by atoms with van der Waals surface area (Å²) in [4.78, 5) is 0. The Morgan fingerprint density at radius 1 is 1.35 bits per heavy atom. The molecule has 0 amide bonds. The van der Waals surface area contributed by atoms with Crippen molar-refractivity contribution in [2.24, 2.45) is 0 Å². The molecule has 1 aromatic carbocycles. The average Bonchev–Trinajstić information content (AvgIpc) is 2.55. The molecular formula is C13H16FN3. The molecule has 2 aromatic rings. The zero-order valence-electron chi connectivity index (χ0n) is 10.3. The lowest BCUT2D eigenvalue weighted by molar-refractivity contribution is 0.629. The van der Waals surface area contributed by atoms with Gasteiger partial charge in [-0.15, -0.1) is 0 Å². The van der Waals surface area contributed by atoms with Gasteiger partial charge in [0.25, 0.3) is 0 Å². The second-order valence-electron chi connectivity index (χ2n) is 4.10. The largest absolute Gasteiger partial charge is 0.399 e. The van der Waals surface area contributed by atoms with Crippen molar-refractivity contribution in [2.45, 2.75) is 27.3 Å². The van der Waals surface area contributed by atoms with Gasteiger partial charge in [0.2, 0.25) is 0 Å². The molecule has 0 unspecified atom stereocenters. The highest BCUT2D eigenvalue weighted by Gasteiger charge is 2.15. The molecule has 0 saturated heterocycles. The highest BCUT2D eigenvalue weighted by molar-refractivity contribution is 5.70. The van der Waals surface area contributed by atoms with Gasteiger partial charge in [0.1, 0.15) is 5.82 Å². The topological polar surface area (TPSA) is 43.8 Å². The molecule has 0 atom stereocenters. The van der Waals surface area contributed by atoms with Gasteiger partial charge in [0.05, 0.1) is 5.69 Å². The van der Waals surface area contributed by atoms with Crippen LogP contribution in [-0.2, 0) is 6.54 Å². The van der Waals surface area contributed by atoms with E-state index in [2.05, 4.69) is 5.10 Å². The Morgan fingerprint density at radius 2 is 2.06 bits per heavy atom. The van der Waals surface area contributed by atoms with Crippen LogP contribution >= 0.6 is 0 Å². The van der Waals surface area contributed by atoms with E-state index in [0.717, 1.165) is 23.5 Å². The van der Waals surface area contributed by atoms with Crippen LogP contribution in [0, 0.1) is 19.7 Å². The van der Waals surface area contributed by atoms with E-state index in [9.17, 15) is 4.39 Å². The van der Waals surface area contributed by atoms with Crippen LogP contribution in [0.2, 0.25) is 0 Å². The molecule has 0 aliphatic rings. The summed E-state index contributed by atoms with van der Waals surface area (Å²) in [5, 5.41) is 4.39. The Labute approximate surface area is 100 Å². The molecular weight excluding hydrogens is 217 g/mol. The fraction of sp³-hybridized carbons (Fsp3) is 0.308. The van der Waals surface area contributed by atoms with Crippen molar-refractivity contribution in [3.63, 3.8) is 0 Å². The summed E-state index contributed by atoms with van der Waals surface area (Å²) in [5.41, 5.74) is 9.24. The third-order valence-corrected chi connectivity index (χ3v) is 2.94. The number of nitrogens with two attached hydrogens (primary N) is 1. The Bertz CT molecular complexity index is 558. The van der Waals surface area contributed by atoms with Crippen molar-refractivity contribution in [1.29, 1.82) is 0 Å². The lowest BCUT2D eigenvalue weighted by atomic mass is 10.0. The first-order valence-electron chi connectivity index (χ1n) is 5.64. The molecule has 90 valence electrons. The van der Waals surface area contributed by atoms with Crippen LogP contribution in [0.5, 0.6) is 0 Å². The molecule has 0 spiro atoms. The van der Waals surface area contributed by atoms with Crippen LogP contribution in [-0.4, -0.2) is 9.78 Å². The van der Waals surface area contributed by atoms with Gasteiger partial charge < -0.3 is 5.73 Å². The van der Waals surface area contributed by atoms with E-state index in [4.69, 9.17) is 5.73 Å². The Morgan fingerprint density at radius 3 is 2.59 bits per heavy atom. The summed E-state index contributed by atoms with van der Waals surface area (Å²) in [6.07, 6.45) is 0. The van der Waals surface area contributed by atoms with E-state index < -0.39 is 0 Å². The number of anilines is 1. The lowest BCUT2D eigenvalue weighted by Crippen LogP contribution is -1.99. The molecule has 0 saturated carbocycles. The minimum Gasteiger partial charge on any atom is -0.399 e. The van der Waals surface area contributed by atoms with E-state index in [-0.39, 0.29) is 5.82 Å². The zero-order chi connectivity index (χ0) is 12.6. The Hall–Kier alpha value is -1.84. The molecule has 4 heteroatoms. The van der Waals surface area contributed by atoms with Crippen molar-refractivity contribution >= 4 is 5.69 Å². The van der Waals surface area contributed by atoms with Gasteiger partial charge in [-0.3, -0.25) is 4.68 Å². The van der Waals surface area contributed by atoms with Gasteiger partial charge in [0.15, 0.2) is 0 Å². The second kappa shape index (κ2) is 4.20.